The van der Waals surface area contributed by atoms with Crippen LogP contribution < -0.4 is 30.6 Å². The van der Waals surface area contributed by atoms with E-state index in [9.17, 15) is 14.4 Å². The Hall–Kier alpha value is -3.56. The Morgan fingerprint density at radius 1 is 1.23 bits per heavy atom. The third-order valence-corrected chi connectivity index (χ3v) is 5.97. The molecule has 31 heavy (non-hydrogen) atoms. The van der Waals surface area contributed by atoms with Crippen LogP contribution in [-0.4, -0.2) is 41.2 Å². The third-order valence-electron chi connectivity index (χ3n) is 5.97. The van der Waals surface area contributed by atoms with Gasteiger partial charge in [0.1, 0.15) is 5.82 Å². The summed E-state index contributed by atoms with van der Waals surface area (Å²) in [6, 6.07) is 5.26. The largest absolute Gasteiger partial charge is 0.454 e. The number of nitrogens with zero attached hydrogens (tertiary/aromatic N) is 2. The molecule has 3 aliphatic heterocycles. The summed E-state index contributed by atoms with van der Waals surface area (Å²) < 4.78 is 10.6. The summed E-state index contributed by atoms with van der Waals surface area (Å²) in [7, 11) is 0. The maximum atomic E-state index is 13.0. The van der Waals surface area contributed by atoms with E-state index in [-0.39, 0.29) is 36.5 Å². The van der Waals surface area contributed by atoms with E-state index in [4.69, 9.17) is 9.47 Å². The quantitative estimate of drug-likeness (QED) is 0.686. The van der Waals surface area contributed by atoms with Crippen LogP contribution in [0.15, 0.2) is 23.0 Å². The van der Waals surface area contributed by atoms with Gasteiger partial charge in [-0.05, 0) is 38.3 Å². The molecule has 0 bridgehead atoms. The van der Waals surface area contributed by atoms with Gasteiger partial charge in [-0.25, -0.2) is 0 Å². The molecule has 10 nitrogen and oxygen atoms in total. The van der Waals surface area contributed by atoms with Crippen molar-refractivity contribution in [3.05, 3.63) is 34.1 Å². The van der Waals surface area contributed by atoms with E-state index in [1.165, 1.54) is 0 Å². The summed E-state index contributed by atoms with van der Waals surface area (Å²) in [5, 5.41) is 5.43. The molecule has 162 valence electrons. The van der Waals surface area contributed by atoms with Gasteiger partial charge in [0.15, 0.2) is 11.5 Å². The number of fused-ring (bicyclic) bond motifs is 2. The van der Waals surface area contributed by atoms with Crippen LogP contribution in [0.5, 0.6) is 11.5 Å². The van der Waals surface area contributed by atoms with Gasteiger partial charge in [-0.1, -0.05) is 0 Å². The first-order valence-electron chi connectivity index (χ1n) is 10.4. The van der Waals surface area contributed by atoms with Gasteiger partial charge in [-0.2, -0.15) is 4.98 Å². The number of piperidine rings is 1. The molecule has 2 amide bonds. The van der Waals surface area contributed by atoms with E-state index >= 15 is 0 Å². The van der Waals surface area contributed by atoms with Gasteiger partial charge >= 0.3 is 0 Å². The minimum absolute atomic E-state index is 0.127. The maximum Gasteiger partial charge on any atom is 0.258 e. The van der Waals surface area contributed by atoms with E-state index in [0.717, 1.165) is 25.8 Å². The van der Waals surface area contributed by atoms with Gasteiger partial charge in [0, 0.05) is 30.8 Å². The lowest BCUT2D eigenvalue weighted by atomic mass is 9.92. The van der Waals surface area contributed by atoms with Crippen LogP contribution in [0.2, 0.25) is 0 Å². The minimum Gasteiger partial charge on any atom is -0.454 e. The van der Waals surface area contributed by atoms with Crippen LogP contribution in [0.1, 0.15) is 44.1 Å². The Morgan fingerprint density at radius 3 is 2.90 bits per heavy atom. The summed E-state index contributed by atoms with van der Waals surface area (Å²) in [4.78, 5) is 47.7. The highest BCUT2D eigenvalue weighted by atomic mass is 16.7. The molecule has 3 aliphatic rings. The number of hydrogen-bond acceptors (Lipinski definition) is 7. The molecule has 2 atom stereocenters. The highest BCUT2D eigenvalue weighted by Crippen LogP contribution is 2.35. The number of H-pyrrole nitrogens is 1. The summed E-state index contributed by atoms with van der Waals surface area (Å²) in [5.74, 6) is -0.0553. The molecule has 10 heteroatoms. The molecular formula is C21H23N5O5. The lowest BCUT2D eigenvalue weighted by molar-refractivity contribution is -0.123. The first-order chi connectivity index (χ1) is 15.0. The zero-order valence-corrected chi connectivity index (χ0v) is 17.1. The molecule has 1 aromatic carbocycles. The second-order valence-corrected chi connectivity index (χ2v) is 8.05. The van der Waals surface area contributed by atoms with E-state index in [1.54, 1.807) is 18.2 Å². The molecule has 0 aliphatic carbocycles. The Kier molecular flexibility index (Phi) is 4.76. The summed E-state index contributed by atoms with van der Waals surface area (Å²) >= 11 is 0. The summed E-state index contributed by atoms with van der Waals surface area (Å²) in [6.07, 6.45) is 3.02. The molecule has 2 aromatic rings. The van der Waals surface area contributed by atoms with Crippen molar-refractivity contribution in [1.82, 2.24) is 9.97 Å². The van der Waals surface area contributed by atoms with Crippen molar-refractivity contribution >= 4 is 29.3 Å². The van der Waals surface area contributed by atoms with Crippen molar-refractivity contribution < 1.29 is 19.1 Å². The fourth-order valence-corrected chi connectivity index (χ4v) is 4.34. The van der Waals surface area contributed by atoms with Crippen molar-refractivity contribution in [1.29, 1.82) is 0 Å². The second-order valence-electron chi connectivity index (χ2n) is 8.05. The molecule has 1 fully saturated rings. The van der Waals surface area contributed by atoms with Gasteiger partial charge in [-0.3, -0.25) is 19.4 Å². The molecular weight excluding hydrogens is 402 g/mol. The predicted octanol–water partition coefficient (Wildman–Crippen LogP) is 1.94. The fourth-order valence-electron chi connectivity index (χ4n) is 4.34. The van der Waals surface area contributed by atoms with Crippen LogP contribution in [0, 0.1) is 0 Å². The number of carbonyl (C=O) groups is 2. The number of hydrogen-bond donors (Lipinski definition) is 3. The monoisotopic (exact) mass is 425 g/mol. The topological polar surface area (TPSA) is 126 Å². The van der Waals surface area contributed by atoms with E-state index in [0.29, 0.717) is 23.1 Å². The van der Waals surface area contributed by atoms with Gasteiger partial charge in [0.05, 0.1) is 11.5 Å². The fraction of sp³-hybridized carbons (Fsp3) is 0.429. The van der Waals surface area contributed by atoms with Gasteiger partial charge < -0.3 is 25.0 Å². The minimum atomic E-state index is -0.946. The van der Waals surface area contributed by atoms with Gasteiger partial charge in [-0.15, -0.1) is 0 Å². The Morgan fingerprint density at radius 2 is 2.06 bits per heavy atom. The molecule has 1 aromatic heterocycles. The summed E-state index contributed by atoms with van der Waals surface area (Å²) in [5.41, 5.74) is 0.250. The lowest BCUT2D eigenvalue weighted by Crippen LogP contribution is -2.41. The highest BCUT2D eigenvalue weighted by molar-refractivity contribution is 6.04. The standard InChI is InChI=1S/C21H23N5O5/c1-11-4-2-3-7-26(11)21-24-18-17(20(29)25-21)13(9-16(27)23-18)19(28)22-12-5-6-14-15(8-12)31-10-30-14/h5-6,8,11,13H,2-4,7,9-10H2,1H3,(H,22,28)(H2,23,24,25,27,29)/t11-,13+/m0/s1. The number of amides is 2. The van der Waals surface area contributed by atoms with E-state index in [2.05, 4.69) is 27.5 Å². The average molecular weight is 425 g/mol. The normalized spacial score (nSPS) is 22.0. The van der Waals surface area contributed by atoms with Crippen LogP contribution in [0.25, 0.3) is 0 Å². The van der Waals surface area contributed by atoms with Crippen molar-refractivity contribution in [3.8, 4) is 11.5 Å². The Labute approximate surface area is 177 Å². The van der Waals surface area contributed by atoms with Crippen molar-refractivity contribution in [2.45, 2.75) is 44.6 Å². The van der Waals surface area contributed by atoms with Crippen molar-refractivity contribution in [3.63, 3.8) is 0 Å². The molecule has 4 heterocycles. The molecule has 0 spiro atoms. The summed E-state index contributed by atoms with van der Waals surface area (Å²) in [6.45, 7) is 2.99. The van der Waals surface area contributed by atoms with Gasteiger partial charge in [0.2, 0.25) is 24.6 Å². The number of nitrogens with one attached hydrogen (secondary N) is 3. The number of anilines is 3. The van der Waals surface area contributed by atoms with E-state index in [1.807, 2.05) is 4.90 Å². The number of ether oxygens (including phenoxy) is 2. The molecule has 5 rings (SSSR count). The molecule has 3 N–H and O–H groups in total. The number of rotatable bonds is 3. The van der Waals surface area contributed by atoms with E-state index < -0.39 is 17.4 Å². The Balaban J connectivity index is 1.44. The molecule has 1 saturated heterocycles. The smallest absolute Gasteiger partial charge is 0.258 e. The number of aromatic nitrogens is 2. The lowest BCUT2D eigenvalue weighted by Gasteiger charge is -2.34. The van der Waals surface area contributed by atoms with Crippen LogP contribution in [-0.2, 0) is 9.59 Å². The maximum absolute atomic E-state index is 13.0. The van der Waals surface area contributed by atoms with Crippen molar-refractivity contribution in [2.24, 2.45) is 0 Å². The average Bonchev–Trinajstić information content (AvgIpc) is 3.21. The number of benzene rings is 1. The number of aromatic amines is 1. The zero-order valence-electron chi connectivity index (χ0n) is 17.1. The zero-order chi connectivity index (χ0) is 21.5. The first-order valence-corrected chi connectivity index (χ1v) is 10.4. The van der Waals surface area contributed by atoms with Gasteiger partial charge in [0.25, 0.3) is 5.56 Å². The van der Waals surface area contributed by atoms with Crippen LogP contribution in [0.4, 0.5) is 17.5 Å². The predicted molar refractivity (Wildman–Crippen MR) is 113 cm³/mol. The number of carbonyl (C=O) groups excluding carboxylic acids is 2. The SMILES string of the molecule is C[C@H]1CCCCN1c1nc2c(c(=O)[nH]1)[C@H](C(=O)Nc1ccc3c(c1)OCO3)CC(=O)N2. The third kappa shape index (κ3) is 3.58. The van der Waals surface area contributed by atoms with Crippen LogP contribution >= 0.6 is 0 Å². The second kappa shape index (κ2) is 7.60. The molecule has 0 unspecified atom stereocenters. The molecule has 0 saturated carbocycles. The Bertz CT molecular complexity index is 1110. The first kappa shape index (κ1) is 19.4. The van der Waals surface area contributed by atoms with Crippen LogP contribution in [0.3, 0.4) is 0 Å². The molecule has 0 radical (unpaired) electrons. The van der Waals surface area contributed by atoms with Crippen molar-refractivity contribution in [2.75, 3.05) is 28.9 Å². The highest BCUT2D eigenvalue weighted by Gasteiger charge is 2.35.